The maximum absolute atomic E-state index is 13.4. The Morgan fingerprint density at radius 2 is 2.12 bits per heavy atom. The molecule has 1 heterocycles. The van der Waals surface area contributed by atoms with Crippen molar-refractivity contribution >= 4 is 16.9 Å². The molecule has 16 heavy (non-hydrogen) atoms. The molecule has 3 N–H and O–H groups in total. The van der Waals surface area contributed by atoms with Crippen LogP contribution in [-0.4, -0.2) is 11.1 Å². The normalized spacial score (nSPS) is 12.9. The van der Waals surface area contributed by atoms with Crippen LogP contribution in [0.3, 0.4) is 0 Å². The molecular formula is C10H7F2NO3. The zero-order valence-electron chi connectivity index (χ0n) is 7.91. The molecule has 84 valence electrons. The number of furan rings is 1. The minimum absolute atomic E-state index is 0.00750. The van der Waals surface area contributed by atoms with Crippen LogP contribution in [0.25, 0.3) is 11.0 Å². The van der Waals surface area contributed by atoms with Gasteiger partial charge in [-0.15, -0.1) is 0 Å². The van der Waals surface area contributed by atoms with E-state index in [1.165, 1.54) is 6.07 Å². The number of benzene rings is 1. The second kappa shape index (κ2) is 3.57. The number of halogens is 2. The number of carboxylic acid groups (broad SMARTS) is 1. The highest BCUT2D eigenvalue weighted by Gasteiger charge is 2.25. The van der Waals surface area contributed by atoms with Crippen molar-refractivity contribution in [3.8, 4) is 0 Å². The first-order chi connectivity index (χ1) is 7.52. The zero-order chi connectivity index (χ0) is 11.9. The summed E-state index contributed by atoms with van der Waals surface area (Å²) in [4.78, 5) is 10.7. The van der Waals surface area contributed by atoms with Crippen molar-refractivity contribution in [2.45, 2.75) is 6.04 Å². The minimum atomic E-state index is -1.59. The molecule has 0 radical (unpaired) electrons. The first-order valence-corrected chi connectivity index (χ1v) is 4.36. The van der Waals surface area contributed by atoms with E-state index in [1.807, 2.05) is 0 Å². The Bertz CT molecular complexity index is 564. The monoisotopic (exact) mass is 227 g/mol. The SMILES string of the molecule is NC(C(=O)O)c1c(F)cc(F)c2ccoc12. The summed E-state index contributed by atoms with van der Waals surface area (Å²) in [6, 6.07) is 0.285. The minimum Gasteiger partial charge on any atom is -0.480 e. The standard InChI is InChI=1S/C10H7F2NO3/c11-5-3-6(12)7(8(13)10(14)15)9-4(5)1-2-16-9/h1-3,8H,13H2,(H,14,15). The van der Waals surface area contributed by atoms with Crippen LogP contribution in [0.5, 0.6) is 0 Å². The van der Waals surface area contributed by atoms with Crippen LogP contribution in [0.15, 0.2) is 22.8 Å². The predicted molar refractivity (Wildman–Crippen MR) is 50.7 cm³/mol. The van der Waals surface area contributed by atoms with E-state index in [2.05, 4.69) is 0 Å². The van der Waals surface area contributed by atoms with Crippen LogP contribution in [0.1, 0.15) is 11.6 Å². The van der Waals surface area contributed by atoms with Gasteiger partial charge in [0, 0.05) is 6.07 Å². The van der Waals surface area contributed by atoms with Crippen LogP contribution in [-0.2, 0) is 4.79 Å². The smallest absolute Gasteiger partial charge is 0.325 e. The number of rotatable bonds is 2. The largest absolute Gasteiger partial charge is 0.480 e. The number of fused-ring (bicyclic) bond motifs is 1. The molecule has 1 aromatic carbocycles. The summed E-state index contributed by atoms with van der Waals surface area (Å²) in [5.41, 5.74) is 4.77. The van der Waals surface area contributed by atoms with Crippen LogP contribution in [0.4, 0.5) is 8.78 Å². The van der Waals surface area contributed by atoms with E-state index in [-0.39, 0.29) is 16.5 Å². The van der Waals surface area contributed by atoms with Crippen LogP contribution in [0.2, 0.25) is 0 Å². The van der Waals surface area contributed by atoms with Crippen molar-refractivity contribution in [3.05, 3.63) is 35.6 Å². The van der Waals surface area contributed by atoms with E-state index in [4.69, 9.17) is 15.3 Å². The molecular weight excluding hydrogens is 220 g/mol. The van der Waals surface area contributed by atoms with Crippen molar-refractivity contribution in [1.82, 2.24) is 0 Å². The summed E-state index contributed by atoms with van der Waals surface area (Å²) in [6.45, 7) is 0. The molecule has 0 saturated carbocycles. The van der Waals surface area contributed by atoms with Crippen molar-refractivity contribution < 1.29 is 23.1 Å². The average molecular weight is 227 g/mol. The molecule has 0 aliphatic carbocycles. The van der Waals surface area contributed by atoms with Gasteiger partial charge < -0.3 is 15.3 Å². The molecule has 1 unspecified atom stereocenters. The molecule has 1 atom stereocenters. The maximum atomic E-state index is 13.4. The topological polar surface area (TPSA) is 76.5 Å². The fourth-order valence-corrected chi connectivity index (χ4v) is 1.49. The number of hydrogen-bond acceptors (Lipinski definition) is 3. The van der Waals surface area contributed by atoms with E-state index >= 15 is 0 Å². The summed E-state index contributed by atoms with van der Waals surface area (Å²) in [7, 11) is 0. The Labute approximate surface area is 88.3 Å². The van der Waals surface area contributed by atoms with Crippen LogP contribution >= 0.6 is 0 Å². The highest BCUT2D eigenvalue weighted by molar-refractivity contribution is 5.87. The number of nitrogens with two attached hydrogens (primary N) is 1. The van der Waals surface area contributed by atoms with Crippen LogP contribution in [0, 0.1) is 11.6 Å². The van der Waals surface area contributed by atoms with E-state index in [1.54, 1.807) is 0 Å². The quantitative estimate of drug-likeness (QED) is 0.820. The molecule has 0 bridgehead atoms. The third kappa shape index (κ3) is 1.43. The predicted octanol–water partition coefficient (Wildman–Crippen LogP) is 1.80. The lowest BCUT2D eigenvalue weighted by molar-refractivity contribution is -0.138. The number of carbonyl (C=O) groups is 1. The molecule has 0 aliphatic heterocycles. The van der Waals surface area contributed by atoms with Crippen molar-refractivity contribution in [3.63, 3.8) is 0 Å². The van der Waals surface area contributed by atoms with E-state index in [9.17, 15) is 13.6 Å². The molecule has 0 spiro atoms. The highest BCUT2D eigenvalue weighted by atomic mass is 19.1. The van der Waals surface area contributed by atoms with Gasteiger partial charge in [0.05, 0.1) is 17.2 Å². The maximum Gasteiger partial charge on any atom is 0.325 e. The Morgan fingerprint density at radius 3 is 2.75 bits per heavy atom. The third-order valence-electron chi connectivity index (χ3n) is 2.25. The van der Waals surface area contributed by atoms with Gasteiger partial charge in [0.1, 0.15) is 23.3 Å². The fraction of sp³-hybridized carbons (Fsp3) is 0.100. The third-order valence-corrected chi connectivity index (χ3v) is 2.25. The van der Waals surface area contributed by atoms with Crippen LogP contribution < -0.4 is 5.73 Å². The molecule has 4 nitrogen and oxygen atoms in total. The highest BCUT2D eigenvalue weighted by Crippen LogP contribution is 2.29. The van der Waals surface area contributed by atoms with Gasteiger partial charge in [0.25, 0.3) is 0 Å². The van der Waals surface area contributed by atoms with Gasteiger partial charge in [-0.1, -0.05) is 0 Å². The fourth-order valence-electron chi connectivity index (χ4n) is 1.49. The number of hydrogen-bond donors (Lipinski definition) is 2. The Balaban J connectivity index is 2.77. The van der Waals surface area contributed by atoms with E-state index < -0.39 is 23.6 Å². The molecule has 0 amide bonds. The average Bonchev–Trinajstić information content (AvgIpc) is 2.66. The van der Waals surface area contributed by atoms with Crippen molar-refractivity contribution in [1.29, 1.82) is 0 Å². The zero-order valence-corrected chi connectivity index (χ0v) is 7.91. The van der Waals surface area contributed by atoms with Crippen molar-refractivity contribution in [2.75, 3.05) is 0 Å². The summed E-state index contributed by atoms with van der Waals surface area (Å²) < 4.78 is 31.5. The van der Waals surface area contributed by atoms with Gasteiger partial charge in [0.15, 0.2) is 0 Å². The molecule has 0 aliphatic rings. The first-order valence-electron chi connectivity index (χ1n) is 4.36. The lowest BCUT2D eigenvalue weighted by Gasteiger charge is -2.08. The Hall–Kier alpha value is -1.95. The lowest BCUT2D eigenvalue weighted by Crippen LogP contribution is -2.22. The number of aliphatic carboxylic acids is 1. The molecule has 0 saturated heterocycles. The summed E-state index contributed by atoms with van der Waals surface area (Å²) >= 11 is 0. The second-order valence-corrected chi connectivity index (χ2v) is 3.23. The summed E-state index contributed by atoms with van der Waals surface area (Å²) in [6.07, 6.45) is 1.14. The van der Waals surface area contributed by atoms with Gasteiger partial charge >= 0.3 is 5.97 Å². The summed E-state index contributed by atoms with van der Waals surface area (Å²) in [5, 5.41) is 8.71. The van der Waals surface area contributed by atoms with E-state index in [0.29, 0.717) is 6.07 Å². The Kier molecular flexibility index (Phi) is 2.35. The number of carboxylic acids is 1. The molecule has 0 fully saturated rings. The molecule has 2 rings (SSSR count). The van der Waals surface area contributed by atoms with Gasteiger partial charge in [-0.2, -0.15) is 0 Å². The Morgan fingerprint density at radius 1 is 1.44 bits per heavy atom. The molecule has 2 aromatic rings. The van der Waals surface area contributed by atoms with E-state index in [0.717, 1.165) is 6.26 Å². The van der Waals surface area contributed by atoms with Crippen molar-refractivity contribution in [2.24, 2.45) is 5.73 Å². The van der Waals surface area contributed by atoms with Gasteiger partial charge in [0.2, 0.25) is 0 Å². The molecule has 6 heteroatoms. The summed E-state index contributed by atoms with van der Waals surface area (Å²) in [5.74, 6) is -3.26. The van der Waals surface area contributed by atoms with Gasteiger partial charge in [-0.25, -0.2) is 8.78 Å². The first kappa shape index (κ1) is 10.6. The molecule has 1 aromatic heterocycles. The van der Waals surface area contributed by atoms with Gasteiger partial charge in [-0.05, 0) is 6.07 Å². The van der Waals surface area contributed by atoms with Gasteiger partial charge in [-0.3, -0.25) is 4.79 Å². The lowest BCUT2D eigenvalue weighted by atomic mass is 10.0. The second-order valence-electron chi connectivity index (χ2n) is 3.23.